The van der Waals surface area contributed by atoms with Crippen molar-refractivity contribution < 1.29 is 37.8 Å². The Morgan fingerprint density at radius 2 is 1.69 bits per heavy atom. The number of carbonyl (C=O) groups excluding carboxylic acids is 4. The summed E-state index contributed by atoms with van der Waals surface area (Å²) < 4.78 is 30.8. The average Bonchev–Trinajstić information content (AvgIpc) is 3.18. The van der Waals surface area contributed by atoms with Gasteiger partial charge in [0, 0.05) is 13.1 Å². The van der Waals surface area contributed by atoms with E-state index in [1.807, 2.05) is 76.2 Å². The molecular formula is C45H59BFN4O7. The van der Waals surface area contributed by atoms with Crippen LogP contribution in [0.4, 0.5) is 9.18 Å². The third-order valence-electron chi connectivity index (χ3n) is 9.85. The number of nitrogens with one attached hydrogen (secondary N) is 3. The average molecular weight is 798 g/mol. The monoisotopic (exact) mass is 797 g/mol. The summed E-state index contributed by atoms with van der Waals surface area (Å²) in [6, 6.07) is 19.3. The molecule has 3 aromatic rings. The van der Waals surface area contributed by atoms with Gasteiger partial charge < -0.3 is 14.4 Å². The van der Waals surface area contributed by atoms with Crippen LogP contribution in [0.3, 0.4) is 0 Å². The summed E-state index contributed by atoms with van der Waals surface area (Å²) in [5.41, 5.74) is 2.99. The molecule has 1 saturated heterocycles. The van der Waals surface area contributed by atoms with Gasteiger partial charge in [0.05, 0.1) is 6.61 Å². The number of carbonyl (C=O) groups is 4. The first-order valence-corrected chi connectivity index (χ1v) is 20.3. The molecule has 11 nitrogen and oxygen atoms in total. The Labute approximate surface area is 343 Å². The van der Waals surface area contributed by atoms with Crippen LogP contribution >= 0.6 is 0 Å². The number of piperidine rings is 1. The molecule has 1 heterocycles. The summed E-state index contributed by atoms with van der Waals surface area (Å²) in [6.07, 6.45) is 3.40. The Balaban J connectivity index is 1.38. The summed E-state index contributed by atoms with van der Waals surface area (Å²) in [5, 5.41) is 8.61. The Kier molecular flexibility index (Phi) is 17.8. The predicted octanol–water partition coefficient (Wildman–Crippen LogP) is 6.13. The van der Waals surface area contributed by atoms with E-state index in [-0.39, 0.29) is 50.1 Å². The molecule has 1 radical (unpaired) electrons. The number of likely N-dealkylation sites (tertiary alicyclic amines) is 1. The van der Waals surface area contributed by atoms with Gasteiger partial charge in [0.25, 0.3) is 0 Å². The molecule has 58 heavy (non-hydrogen) atoms. The number of halogens is 1. The van der Waals surface area contributed by atoms with Crippen molar-refractivity contribution in [2.24, 2.45) is 5.92 Å². The first-order chi connectivity index (χ1) is 27.7. The van der Waals surface area contributed by atoms with Gasteiger partial charge in [-0.05, 0) is 52.0 Å². The van der Waals surface area contributed by atoms with Gasteiger partial charge in [-0.25, -0.2) is 4.79 Å². The Hall–Kier alpha value is -5.20. The molecule has 0 aromatic heterocycles. The van der Waals surface area contributed by atoms with E-state index in [1.54, 1.807) is 24.0 Å². The van der Waals surface area contributed by atoms with E-state index in [1.165, 1.54) is 12.1 Å². The van der Waals surface area contributed by atoms with E-state index in [0.717, 1.165) is 36.0 Å². The molecule has 3 N–H and O–H groups in total. The van der Waals surface area contributed by atoms with Crippen molar-refractivity contribution in [1.82, 2.24) is 20.9 Å². The molecule has 4 amide bonds. The minimum absolute atomic E-state index is 0.00904. The molecular weight excluding hydrogens is 738 g/mol. The van der Waals surface area contributed by atoms with Crippen LogP contribution in [-0.4, -0.2) is 85.8 Å². The number of aryl methyl sites for hydroxylation is 3. The summed E-state index contributed by atoms with van der Waals surface area (Å²) in [7, 11) is 6.06. The molecule has 0 spiro atoms. The summed E-state index contributed by atoms with van der Waals surface area (Å²) in [6.45, 7) is 11.6. The van der Waals surface area contributed by atoms with Crippen LogP contribution in [0.5, 0.6) is 5.75 Å². The third-order valence-corrected chi connectivity index (χ3v) is 9.85. The van der Waals surface area contributed by atoms with Crippen LogP contribution in [0.2, 0.25) is 0 Å². The first kappa shape index (κ1) is 45.5. The number of amides is 4. The van der Waals surface area contributed by atoms with Gasteiger partial charge in [0.1, 0.15) is 5.60 Å². The molecule has 13 heteroatoms. The van der Waals surface area contributed by atoms with Gasteiger partial charge in [-0.3, -0.25) is 0 Å². The van der Waals surface area contributed by atoms with Crippen molar-refractivity contribution in [2.45, 2.75) is 110 Å². The number of benzene rings is 3. The number of rotatable bonds is 20. The van der Waals surface area contributed by atoms with Crippen LogP contribution in [0.15, 0.2) is 72.8 Å². The molecule has 0 bridgehead atoms. The molecule has 1 aliphatic rings. The van der Waals surface area contributed by atoms with Gasteiger partial charge >= 0.3 is 248 Å². The second-order valence-electron chi connectivity index (χ2n) is 15.8. The summed E-state index contributed by atoms with van der Waals surface area (Å²) in [4.78, 5) is 55.1. The molecule has 1 unspecified atom stereocenters. The zero-order valence-corrected chi connectivity index (χ0v) is 34.6. The van der Waals surface area contributed by atoms with Crippen LogP contribution in [0, 0.1) is 18.7 Å². The summed E-state index contributed by atoms with van der Waals surface area (Å²) in [5.74, 6) is -0.838. The fourth-order valence-corrected chi connectivity index (χ4v) is 6.74. The topological polar surface area (TPSA) is 135 Å². The van der Waals surface area contributed by atoms with E-state index < -0.39 is 35.3 Å². The fourth-order valence-electron chi connectivity index (χ4n) is 6.74. The Bertz CT molecular complexity index is 1840. The van der Waals surface area contributed by atoms with Gasteiger partial charge in [-0.15, -0.1) is 0 Å². The van der Waals surface area contributed by atoms with Crippen LogP contribution in [0.25, 0.3) is 0 Å². The molecule has 0 saturated carbocycles. The predicted molar refractivity (Wildman–Crippen MR) is 224 cm³/mol. The minimum atomic E-state index is -1.12. The van der Waals surface area contributed by atoms with Crippen molar-refractivity contribution in [2.75, 3.05) is 26.3 Å². The zero-order valence-electron chi connectivity index (χ0n) is 34.6. The fraction of sp³-hybridized carbons (Fsp3) is 0.489. The van der Waals surface area contributed by atoms with Gasteiger partial charge in [-0.1, -0.05) is 0 Å². The standard InChI is InChI=1S/C45H59BFN4O7/c1-6-56-40(46)28-39(49-41(52)22-19-33-14-10-16-36(47)26-33)43(54)50-38(21-18-32-12-8-7-9-13-32)42(53)48-29-35-27-37(20-17-31(35)2)57-25-23-34-15-11-24-51(30-34)44(55)58-45(3,4)5/h7-10,12-14,16-17,20,26-27,34,38-39H,6,11,15,18-19,21-25,28-30H2,1-5H3,(H,48,53)(H,49,52)(H,50,54)/t34?,38-,39-/m0/s1. The number of nitrogens with zero attached hydrogens (tertiary/aromatic N) is 1. The third kappa shape index (κ3) is 16.0. The van der Waals surface area contributed by atoms with E-state index in [9.17, 15) is 23.6 Å². The molecule has 1 aliphatic heterocycles. The van der Waals surface area contributed by atoms with Crippen molar-refractivity contribution in [3.8, 4) is 5.75 Å². The van der Waals surface area contributed by atoms with Gasteiger partial charge in [0.2, 0.25) is 0 Å². The maximum absolute atomic E-state index is 13.9. The van der Waals surface area contributed by atoms with Gasteiger partial charge in [0.15, 0.2) is 0 Å². The van der Waals surface area contributed by atoms with E-state index in [4.69, 9.17) is 21.7 Å². The second kappa shape index (κ2) is 22.7. The Morgan fingerprint density at radius 3 is 2.41 bits per heavy atom. The van der Waals surface area contributed by atoms with Crippen molar-refractivity contribution in [3.63, 3.8) is 0 Å². The van der Waals surface area contributed by atoms with Crippen molar-refractivity contribution >= 4 is 37.0 Å². The number of hydrogen-bond acceptors (Lipinski definition) is 7. The SMILES string of the molecule is [B]=C(C[C@H](NC(=O)CCc1cccc(F)c1)C(=O)N[C@@H](CCc1ccccc1)C(=O)NCc1cc(OCCC2CCCN(C(=O)OC(C)(C)C)C2)ccc1C)OCC. The molecule has 311 valence electrons. The van der Waals surface area contributed by atoms with E-state index in [0.29, 0.717) is 49.8 Å². The molecule has 1 fully saturated rings. The first-order valence-electron chi connectivity index (χ1n) is 20.3. The second-order valence-corrected chi connectivity index (χ2v) is 15.8. The maximum atomic E-state index is 13.9. The normalized spacial score (nSPS) is 15.1. The van der Waals surface area contributed by atoms with Crippen LogP contribution < -0.4 is 20.7 Å². The quantitative estimate of drug-likeness (QED) is 0.117. The summed E-state index contributed by atoms with van der Waals surface area (Å²) >= 11 is 0. The van der Waals surface area contributed by atoms with Crippen LogP contribution in [-0.2, 0) is 43.2 Å². The van der Waals surface area contributed by atoms with Crippen molar-refractivity contribution in [1.29, 1.82) is 0 Å². The van der Waals surface area contributed by atoms with E-state index in [2.05, 4.69) is 16.0 Å². The number of ether oxygens (including phenoxy) is 3. The molecule has 4 rings (SSSR count). The van der Waals surface area contributed by atoms with E-state index >= 15 is 0 Å². The molecule has 3 aromatic carbocycles. The molecule has 3 atom stereocenters. The molecule has 0 aliphatic carbocycles. The van der Waals surface area contributed by atoms with Crippen molar-refractivity contribution in [3.05, 3.63) is 101 Å². The van der Waals surface area contributed by atoms with Crippen LogP contribution in [0.1, 0.15) is 88.5 Å². The van der Waals surface area contributed by atoms with Gasteiger partial charge in [-0.2, -0.15) is 0 Å². The Morgan fingerprint density at radius 1 is 0.931 bits per heavy atom. The zero-order chi connectivity index (χ0) is 42.1. The number of hydrogen-bond donors (Lipinski definition) is 3.